The van der Waals surface area contributed by atoms with Crippen LogP contribution in [0.15, 0.2) is 41.8 Å². The van der Waals surface area contributed by atoms with Crippen molar-refractivity contribution in [2.24, 2.45) is 0 Å². The number of nitrogens with zero attached hydrogens (tertiary/aromatic N) is 1. The SMILES string of the molecule is Cc1ccc(NC(=O)CSC(C)C(=O)N(Cc2cccs2)C2CC2)cc1. The maximum absolute atomic E-state index is 12.8. The fourth-order valence-electron chi connectivity index (χ4n) is 2.68. The molecule has 0 aliphatic heterocycles. The molecule has 1 N–H and O–H groups in total. The van der Waals surface area contributed by atoms with Crippen molar-refractivity contribution in [1.29, 1.82) is 0 Å². The van der Waals surface area contributed by atoms with E-state index in [4.69, 9.17) is 0 Å². The Morgan fingerprint density at radius 3 is 2.62 bits per heavy atom. The molecule has 1 aromatic heterocycles. The molecule has 1 heterocycles. The lowest BCUT2D eigenvalue weighted by atomic mass is 10.2. The lowest BCUT2D eigenvalue weighted by Gasteiger charge is -2.25. The van der Waals surface area contributed by atoms with Crippen molar-refractivity contribution in [3.8, 4) is 0 Å². The summed E-state index contributed by atoms with van der Waals surface area (Å²) in [4.78, 5) is 28.2. The Balaban J connectivity index is 1.49. The number of hydrogen-bond acceptors (Lipinski definition) is 4. The van der Waals surface area contributed by atoms with E-state index in [9.17, 15) is 9.59 Å². The molecular formula is C20H24N2O2S2. The predicted octanol–water partition coefficient (Wildman–Crippen LogP) is 4.31. The number of amides is 2. The Kier molecular flexibility index (Phi) is 6.38. The number of benzene rings is 1. The van der Waals surface area contributed by atoms with E-state index < -0.39 is 0 Å². The largest absolute Gasteiger partial charge is 0.334 e. The van der Waals surface area contributed by atoms with Crippen LogP contribution in [0.2, 0.25) is 0 Å². The highest BCUT2D eigenvalue weighted by atomic mass is 32.2. The summed E-state index contributed by atoms with van der Waals surface area (Å²) in [6.07, 6.45) is 2.17. The highest BCUT2D eigenvalue weighted by Gasteiger charge is 2.34. The van der Waals surface area contributed by atoms with Crippen LogP contribution in [-0.4, -0.2) is 33.8 Å². The van der Waals surface area contributed by atoms with Gasteiger partial charge in [-0.05, 0) is 50.3 Å². The highest BCUT2D eigenvalue weighted by Crippen LogP contribution is 2.31. The normalized spacial score (nSPS) is 14.7. The van der Waals surface area contributed by atoms with Gasteiger partial charge in [0.15, 0.2) is 0 Å². The summed E-state index contributed by atoms with van der Waals surface area (Å²) in [5.41, 5.74) is 1.94. The Bertz CT molecular complexity index is 740. The van der Waals surface area contributed by atoms with E-state index in [1.54, 1.807) is 11.3 Å². The summed E-state index contributed by atoms with van der Waals surface area (Å²) in [6.45, 7) is 4.59. The van der Waals surface area contributed by atoms with Crippen LogP contribution in [0.4, 0.5) is 5.69 Å². The van der Waals surface area contributed by atoms with Gasteiger partial charge in [-0.25, -0.2) is 0 Å². The zero-order valence-electron chi connectivity index (χ0n) is 15.1. The standard InChI is InChI=1S/C20H24N2O2S2/c1-14-5-7-16(8-6-14)21-19(23)13-26-15(2)20(24)22(17-9-10-17)12-18-4-3-11-25-18/h3-8,11,15,17H,9-10,12-13H2,1-2H3,(H,21,23). The molecule has 4 nitrogen and oxygen atoms in total. The van der Waals surface area contributed by atoms with Crippen LogP contribution >= 0.6 is 23.1 Å². The predicted molar refractivity (Wildman–Crippen MR) is 110 cm³/mol. The zero-order chi connectivity index (χ0) is 18.5. The molecule has 0 saturated heterocycles. The Morgan fingerprint density at radius 1 is 1.27 bits per heavy atom. The number of anilines is 1. The van der Waals surface area contributed by atoms with E-state index in [0.29, 0.717) is 12.6 Å². The summed E-state index contributed by atoms with van der Waals surface area (Å²) in [6, 6.07) is 12.2. The second-order valence-electron chi connectivity index (χ2n) is 6.64. The van der Waals surface area contributed by atoms with Crippen molar-refractivity contribution >= 4 is 40.6 Å². The summed E-state index contributed by atoms with van der Waals surface area (Å²) in [5.74, 6) is 0.335. The molecule has 1 unspecified atom stereocenters. The Labute approximate surface area is 163 Å². The molecule has 138 valence electrons. The zero-order valence-corrected chi connectivity index (χ0v) is 16.7. The van der Waals surface area contributed by atoms with Gasteiger partial charge in [-0.1, -0.05) is 23.8 Å². The number of carbonyl (C=O) groups is 2. The van der Waals surface area contributed by atoms with E-state index >= 15 is 0 Å². The maximum atomic E-state index is 12.8. The fourth-order valence-corrected chi connectivity index (χ4v) is 4.14. The van der Waals surface area contributed by atoms with Crippen molar-refractivity contribution in [3.05, 3.63) is 52.2 Å². The topological polar surface area (TPSA) is 49.4 Å². The molecule has 3 rings (SSSR count). The van der Waals surface area contributed by atoms with Gasteiger partial charge in [-0.2, -0.15) is 0 Å². The molecule has 26 heavy (non-hydrogen) atoms. The average molecular weight is 389 g/mol. The van der Waals surface area contributed by atoms with Crippen LogP contribution in [0.5, 0.6) is 0 Å². The lowest BCUT2D eigenvalue weighted by Crippen LogP contribution is -2.38. The molecule has 1 aliphatic rings. The van der Waals surface area contributed by atoms with Crippen LogP contribution < -0.4 is 5.32 Å². The fraction of sp³-hybridized carbons (Fsp3) is 0.400. The minimum Gasteiger partial charge on any atom is -0.334 e. The third-order valence-electron chi connectivity index (χ3n) is 4.32. The van der Waals surface area contributed by atoms with Crippen molar-refractivity contribution in [2.75, 3.05) is 11.1 Å². The van der Waals surface area contributed by atoms with Crippen molar-refractivity contribution < 1.29 is 9.59 Å². The number of nitrogens with one attached hydrogen (secondary N) is 1. The molecule has 1 atom stereocenters. The minimum absolute atomic E-state index is 0.0743. The molecule has 2 amide bonds. The van der Waals surface area contributed by atoms with Gasteiger partial charge >= 0.3 is 0 Å². The van der Waals surface area contributed by atoms with E-state index in [0.717, 1.165) is 24.1 Å². The summed E-state index contributed by atoms with van der Waals surface area (Å²) in [7, 11) is 0. The third kappa shape index (κ3) is 5.35. The molecule has 1 aliphatic carbocycles. The molecular weight excluding hydrogens is 364 g/mol. The number of thioether (sulfide) groups is 1. The van der Waals surface area contributed by atoms with Gasteiger partial charge in [0.05, 0.1) is 17.5 Å². The molecule has 6 heteroatoms. The van der Waals surface area contributed by atoms with Gasteiger partial charge in [0.25, 0.3) is 0 Å². The third-order valence-corrected chi connectivity index (χ3v) is 6.32. The van der Waals surface area contributed by atoms with Crippen molar-refractivity contribution in [2.45, 2.75) is 44.5 Å². The van der Waals surface area contributed by atoms with Gasteiger partial charge in [0, 0.05) is 16.6 Å². The van der Waals surface area contributed by atoms with Crippen molar-refractivity contribution in [3.63, 3.8) is 0 Å². The first-order valence-electron chi connectivity index (χ1n) is 8.84. The molecule has 0 spiro atoms. The second-order valence-corrected chi connectivity index (χ2v) is 9.01. The second kappa shape index (κ2) is 8.73. The maximum Gasteiger partial charge on any atom is 0.235 e. The van der Waals surface area contributed by atoms with Crippen LogP contribution in [0.3, 0.4) is 0 Å². The number of hydrogen-bond donors (Lipinski definition) is 1. The van der Waals surface area contributed by atoms with Gasteiger partial charge in [0.1, 0.15) is 0 Å². The average Bonchev–Trinajstić information content (AvgIpc) is 3.35. The van der Waals surface area contributed by atoms with Crippen LogP contribution in [0, 0.1) is 6.92 Å². The quantitative estimate of drug-likeness (QED) is 0.733. The van der Waals surface area contributed by atoms with Gasteiger partial charge in [-0.3, -0.25) is 9.59 Å². The first-order chi connectivity index (χ1) is 12.5. The smallest absolute Gasteiger partial charge is 0.235 e. The Hall–Kier alpha value is -1.79. The minimum atomic E-state index is -0.223. The van der Waals surface area contributed by atoms with E-state index in [2.05, 4.69) is 11.4 Å². The first-order valence-corrected chi connectivity index (χ1v) is 10.8. The van der Waals surface area contributed by atoms with Gasteiger partial charge < -0.3 is 10.2 Å². The lowest BCUT2D eigenvalue weighted by molar-refractivity contribution is -0.131. The molecule has 1 saturated carbocycles. The van der Waals surface area contributed by atoms with Gasteiger partial charge in [0.2, 0.25) is 11.8 Å². The number of thiophene rings is 1. The van der Waals surface area contributed by atoms with Crippen molar-refractivity contribution in [1.82, 2.24) is 4.90 Å². The highest BCUT2D eigenvalue weighted by molar-refractivity contribution is 8.01. The van der Waals surface area contributed by atoms with E-state index in [1.165, 1.54) is 16.6 Å². The molecule has 0 bridgehead atoms. The van der Waals surface area contributed by atoms with Crippen LogP contribution in [0.25, 0.3) is 0 Å². The van der Waals surface area contributed by atoms with E-state index in [-0.39, 0.29) is 22.8 Å². The molecule has 1 fully saturated rings. The summed E-state index contributed by atoms with van der Waals surface area (Å²) < 4.78 is 0. The van der Waals surface area contributed by atoms with Crippen LogP contribution in [0.1, 0.15) is 30.2 Å². The number of aryl methyl sites for hydroxylation is 1. The first kappa shape index (κ1) is 19.0. The number of rotatable bonds is 8. The molecule has 0 radical (unpaired) electrons. The Morgan fingerprint density at radius 2 is 2.00 bits per heavy atom. The summed E-state index contributed by atoms with van der Waals surface area (Å²) >= 11 is 3.08. The van der Waals surface area contributed by atoms with Gasteiger partial charge in [-0.15, -0.1) is 23.1 Å². The van der Waals surface area contributed by atoms with E-state index in [1.807, 2.05) is 54.5 Å². The van der Waals surface area contributed by atoms with Crippen LogP contribution in [-0.2, 0) is 16.1 Å². The monoisotopic (exact) mass is 388 g/mol. The number of carbonyl (C=O) groups excluding carboxylic acids is 2. The summed E-state index contributed by atoms with van der Waals surface area (Å²) in [5, 5.41) is 4.70. The molecule has 2 aromatic rings. The molecule has 1 aromatic carbocycles.